The zero-order chi connectivity index (χ0) is 18.3. The quantitative estimate of drug-likeness (QED) is 0.713. The van der Waals surface area contributed by atoms with Gasteiger partial charge in [-0.05, 0) is 25.0 Å². The van der Waals surface area contributed by atoms with E-state index in [0.717, 1.165) is 19.4 Å². The fourth-order valence-corrected chi connectivity index (χ4v) is 3.29. The smallest absolute Gasteiger partial charge is 0.170 e. The molecule has 1 aromatic carbocycles. The van der Waals surface area contributed by atoms with Gasteiger partial charge in [-0.3, -0.25) is 0 Å². The van der Waals surface area contributed by atoms with Crippen molar-refractivity contribution in [3.05, 3.63) is 35.9 Å². The Bertz CT molecular complexity index is 1020. The highest BCUT2D eigenvalue weighted by molar-refractivity contribution is 5.97. The predicted octanol–water partition coefficient (Wildman–Crippen LogP) is 1.34. The van der Waals surface area contributed by atoms with Crippen molar-refractivity contribution in [3.8, 4) is 11.8 Å². The van der Waals surface area contributed by atoms with Gasteiger partial charge < -0.3 is 16.4 Å². The molecule has 26 heavy (non-hydrogen) atoms. The average Bonchev–Trinajstić information content (AvgIpc) is 3.03. The summed E-state index contributed by atoms with van der Waals surface area (Å²) in [6, 6.07) is 6.17. The van der Waals surface area contributed by atoms with Crippen molar-refractivity contribution in [2.45, 2.75) is 18.9 Å². The zero-order valence-electron chi connectivity index (χ0n) is 13.9. The largest absolute Gasteiger partial charge is 0.383 e. The number of anilines is 2. The molecule has 0 aliphatic carbocycles. The second kappa shape index (κ2) is 6.24. The molecular weight excluding hydrogens is 335 g/mol. The van der Waals surface area contributed by atoms with Gasteiger partial charge in [0.15, 0.2) is 11.5 Å². The Morgan fingerprint density at radius 2 is 2.15 bits per heavy atom. The molecule has 0 amide bonds. The monoisotopic (exact) mass is 352 g/mol. The SMILES string of the molecule is N#Cc1ccc(-n2nc(N3CCC[C@@H](N)C3)c3c(N)ncnc32)cc1F. The number of benzene rings is 1. The van der Waals surface area contributed by atoms with Crippen LogP contribution >= 0.6 is 0 Å². The van der Waals surface area contributed by atoms with Crippen LogP contribution < -0.4 is 16.4 Å². The second-order valence-corrected chi connectivity index (χ2v) is 6.32. The van der Waals surface area contributed by atoms with Crippen LogP contribution in [0, 0.1) is 17.1 Å². The topological polar surface area (TPSA) is 123 Å². The van der Waals surface area contributed by atoms with Gasteiger partial charge in [0.2, 0.25) is 0 Å². The van der Waals surface area contributed by atoms with Gasteiger partial charge in [-0.15, -0.1) is 5.10 Å². The normalized spacial score (nSPS) is 17.4. The fourth-order valence-electron chi connectivity index (χ4n) is 3.29. The Morgan fingerprint density at radius 1 is 1.31 bits per heavy atom. The number of rotatable bonds is 2. The Kier molecular flexibility index (Phi) is 3.89. The van der Waals surface area contributed by atoms with E-state index in [1.165, 1.54) is 23.1 Å². The van der Waals surface area contributed by atoms with E-state index in [1.54, 1.807) is 6.07 Å². The molecule has 3 heterocycles. The average molecular weight is 352 g/mol. The van der Waals surface area contributed by atoms with Crippen molar-refractivity contribution in [1.82, 2.24) is 19.7 Å². The number of aromatic nitrogens is 4. The third kappa shape index (κ3) is 2.60. The Morgan fingerprint density at radius 3 is 2.88 bits per heavy atom. The Labute approximate surface area is 148 Å². The van der Waals surface area contributed by atoms with Crippen LogP contribution in [0.1, 0.15) is 18.4 Å². The number of hydrogen-bond donors (Lipinski definition) is 2. The molecule has 4 rings (SSSR count). The molecule has 3 aromatic rings. The molecular formula is C17H17FN8. The number of nitrogen functional groups attached to an aromatic ring is 1. The van der Waals surface area contributed by atoms with Crippen LogP contribution in [0.2, 0.25) is 0 Å². The van der Waals surface area contributed by atoms with E-state index in [0.29, 0.717) is 34.9 Å². The maximum absolute atomic E-state index is 14.1. The predicted molar refractivity (Wildman–Crippen MR) is 95.2 cm³/mol. The first kappa shape index (κ1) is 16.2. The van der Waals surface area contributed by atoms with E-state index in [-0.39, 0.29) is 11.6 Å². The molecule has 8 nitrogen and oxygen atoms in total. The molecule has 2 aromatic heterocycles. The van der Waals surface area contributed by atoms with E-state index in [9.17, 15) is 4.39 Å². The van der Waals surface area contributed by atoms with Crippen LogP contribution in [-0.2, 0) is 0 Å². The van der Waals surface area contributed by atoms with Crippen LogP contribution in [0.15, 0.2) is 24.5 Å². The van der Waals surface area contributed by atoms with Gasteiger partial charge in [0.25, 0.3) is 0 Å². The van der Waals surface area contributed by atoms with Crippen LogP contribution in [-0.4, -0.2) is 38.9 Å². The minimum atomic E-state index is -0.614. The number of nitriles is 1. The maximum atomic E-state index is 14.1. The lowest BCUT2D eigenvalue weighted by Crippen LogP contribution is -2.43. The molecule has 0 radical (unpaired) electrons. The summed E-state index contributed by atoms with van der Waals surface area (Å²) in [6.45, 7) is 1.46. The standard InChI is InChI=1S/C17H17FN8/c18-13-6-12(4-3-10(13)7-19)26-16-14(15(21)22-9-23-16)17(24-26)25-5-1-2-11(20)8-25/h3-4,6,9,11H,1-2,5,8,20H2,(H2,21,22,23)/t11-/m1/s1. The second-order valence-electron chi connectivity index (χ2n) is 6.32. The number of hydrogen-bond acceptors (Lipinski definition) is 7. The summed E-state index contributed by atoms with van der Waals surface area (Å²) in [4.78, 5) is 10.4. The maximum Gasteiger partial charge on any atom is 0.170 e. The van der Waals surface area contributed by atoms with E-state index in [1.807, 2.05) is 6.07 Å². The highest BCUT2D eigenvalue weighted by Crippen LogP contribution is 2.32. The van der Waals surface area contributed by atoms with Crippen molar-refractivity contribution in [2.24, 2.45) is 5.73 Å². The first-order chi connectivity index (χ1) is 12.6. The molecule has 9 heteroatoms. The zero-order valence-corrected chi connectivity index (χ0v) is 13.9. The molecule has 1 fully saturated rings. The molecule has 132 valence electrons. The van der Waals surface area contributed by atoms with Crippen molar-refractivity contribution in [3.63, 3.8) is 0 Å². The highest BCUT2D eigenvalue weighted by atomic mass is 19.1. The molecule has 4 N–H and O–H groups in total. The summed E-state index contributed by atoms with van der Waals surface area (Å²) in [6.07, 6.45) is 3.26. The number of fused-ring (bicyclic) bond motifs is 1. The molecule has 0 saturated carbocycles. The van der Waals surface area contributed by atoms with Gasteiger partial charge >= 0.3 is 0 Å². The van der Waals surface area contributed by atoms with Crippen molar-refractivity contribution in [2.75, 3.05) is 23.7 Å². The minimum absolute atomic E-state index is 0.0263. The lowest BCUT2D eigenvalue weighted by atomic mass is 10.1. The number of nitrogens with two attached hydrogens (primary N) is 2. The van der Waals surface area contributed by atoms with E-state index >= 15 is 0 Å². The lowest BCUT2D eigenvalue weighted by Gasteiger charge is -2.31. The first-order valence-corrected chi connectivity index (χ1v) is 8.28. The highest BCUT2D eigenvalue weighted by Gasteiger charge is 2.25. The molecule has 1 saturated heterocycles. The van der Waals surface area contributed by atoms with Gasteiger partial charge in [0, 0.05) is 25.2 Å². The van der Waals surface area contributed by atoms with Gasteiger partial charge in [-0.25, -0.2) is 19.0 Å². The van der Waals surface area contributed by atoms with Gasteiger partial charge in [-0.2, -0.15) is 5.26 Å². The minimum Gasteiger partial charge on any atom is -0.383 e. The summed E-state index contributed by atoms with van der Waals surface area (Å²) < 4.78 is 15.6. The van der Waals surface area contributed by atoms with E-state index in [2.05, 4.69) is 20.0 Å². The first-order valence-electron chi connectivity index (χ1n) is 8.28. The molecule has 1 atom stereocenters. The third-order valence-electron chi connectivity index (χ3n) is 4.55. The molecule has 0 unspecified atom stereocenters. The Hall–Kier alpha value is -3.25. The van der Waals surface area contributed by atoms with Crippen molar-refractivity contribution < 1.29 is 4.39 Å². The fraction of sp³-hybridized carbons (Fsp3) is 0.294. The summed E-state index contributed by atoms with van der Waals surface area (Å²) in [5, 5.41) is 14.2. The van der Waals surface area contributed by atoms with E-state index < -0.39 is 5.82 Å². The van der Waals surface area contributed by atoms with Crippen molar-refractivity contribution >= 4 is 22.7 Å². The lowest BCUT2D eigenvalue weighted by molar-refractivity contribution is 0.503. The van der Waals surface area contributed by atoms with Gasteiger partial charge in [0.05, 0.1) is 11.3 Å². The van der Waals surface area contributed by atoms with Crippen LogP contribution in [0.3, 0.4) is 0 Å². The summed E-state index contributed by atoms with van der Waals surface area (Å²) in [5.74, 6) is 0.333. The summed E-state index contributed by atoms with van der Waals surface area (Å²) in [7, 11) is 0. The van der Waals surface area contributed by atoms with Crippen molar-refractivity contribution in [1.29, 1.82) is 5.26 Å². The Balaban J connectivity index is 1.90. The molecule has 0 bridgehead atoms. The van der Waals surface area contributed by atoms with E-state index in [4.69, 9.17) is 16.7 Å². The molecule has 0 spiro atoms. The number of piperidine rings is 1. The number of halogens is 1. The number of nitrogens with zero attached hydrogens (tertiary/aromatic N) is 6. The van der Waals surface area contributed by atoms with Crippen LogP contribution in [0.25, 0.3) is 16.7 Å². The van der Waals surface area contributed by atoms with Crippen LogP contribution in [0.4, 0.5) is 16.0 Å². The summed E-state index contributed by atoms with van der Waals surface area (Å²) >= 11 is 0. The van der Waals surface area contributed by atoms with Gasteiger partial charge in [0.1, 0.15) is 29.4 Å². The molecule has 1 aliphatic heterocycles. The summed E-state index contributed by atoms with van der Waals surface area (Å²) in [5.41, 5.74) is 13.1. The third-order valence-corrected chi connectivity index (χ3v) is 4.55. The van der Waals surface area contributed by atoms with Gasteiger partial charge in [-0.1, -0.05) is 0 Å². The molecule has 1 aliphatic rings. The van der Waals surface area contributed by atoms with Crippen LogP contribution in [0.5, 0.6) is 0 Å².